The molecule has 0 aliphatic carbocycles. The number of allylic oxidation sites excluding steroid dienone is 1. The fourth-order valence-corrected chi connectivity index (χ4v) is 1.92. The van der Waals surface area contributed by atoms with Crippen molar-refractivity contribution >= 4 is 12.2 Å². The van der Waals surface area contributed by atoms with Crippen LogP contribution in [0.5, 0.6) is 5.75 Å². The second kappa shape index (κ2) is 6.73. The third-order valence-electron chi connectivity index (χ3n) is 2.94. The predicted molar refractivity (Wildman–Crippen MR) is 72.2 cm³/mol. The molecular formula is C15H17NO3. The zero-order valence-corrected chi connectivity index (χ0v) is 10.7. The van der Waals surface area contributed by atoms with E-state index in [0.717, 1.165) is 19.1 Å². The van der Waals surface area contributed by atoms with Crippen molar-refractivity contribution in [3.05, 3.63) is 42.0 Å². The Morgan fingerprint density at radius 3 is 2.95 bits per heavy atom. The van der Waals surface area contributed by atoms with Crippen molar-refractivity contribution < 1.29 is 14.3 Å². The van der Waals surface area contributed by atoms with Crippen molar-refractivity contribution in [3.8, 4) is 5.75 Å². The van der Waals surface area contributed by atoms with Gasteiger partial charge in [0.05, 0.1) is 18.2 Å². The number of carbonyl (C=O) groups excluding carboxylic acids is 2. The molecule has 0 saturated carbocycles. The van der Waals surface area contributed by atoms with Crippen LogP contribution in [-0.2, 0) is 4.79 Å². The largest absolute Gasteiger partial charge is 0.493 e. The summed E-state index contributed by atoms with van der Waals surface area (Å²) in [5.74, 6) is 0.288. The highest BCUT2D eigenvalue weighted by Gasteiger charge is 2.16. The molecule has 1 N–H and O–H groups in total. The third kappa shape index (κ3) is 3.68. The summed E-state index contributed by atoms with van der Waals surface area (Å²) in [5, 5.41) is 2.70. The zero-order chi connectivity index (χ0) is 13.5. The number of ether oxygens (including phenoxy) is 1. The third-order valence-corrected chi connectivity index (χ3v) is 2.94. The molecule has 1 aliphatic heterocycles. The lowest BCUT2D eigenvalue weighted by Crippen LogP contribution is -2.35. The predicted octanol–water partition coefficient (Wildman–Crippen LogP) is 2.10. The lowest BCUT2D eigenvalue weighted by atomic mass is 10.1. The van der Waals surface area contributed by atoms with Gasteiger partial charge in [-0.05, 0) is 31.4 Å². The van der Waals surface area contributed by atoms with Gasteiger partial charge in [-0.3, -0.25) is 4.79 Å². The summed E-state index contributed by atoms with van der Waals surface area (Å²) in [6.45, 7) is 0.575. The van der Waals surface area contributed by atoms with Crippen molar-refractivity contribution in [1.29, 1.82) is 0 Å². The number of para-hydroxylation sites is 1. The molecular weight excluding hydrogens is 242 g/mol. The van der Waals surface area contributed by atoms with E-state index in [9.17, 15) is 9.59 Å². The summed E-state index contributed by atoms with van der Waals surface area (Å²) >= 11 is 0. The van der Waals surface area contributed by atoms with Crippen LogP contribution in [0.1, 0.15) is 29.6 Å². The molecule has 1 aromatic carbocycles. The second-order valence-corrected chi connectivity index (χ2v) is 4.41. The van der Waals surface area contributed by atoms with E-state index in [0.29, 0.717) is 24.3 Å². The van der Waals surface area contributed by atoms with Crippen LogP contribution in [0.15, 0.2) is 36.4 Å². The van der Waals surface area contributed by atoms with Gasteiger partial charge in [0, 0.05) is 0 Å². The van der Waals surface area contributed by atoms with Gasteiger partial charge in [0.15, 0.2) is 0 Å². The number of nitrogens with one attached hydrogen (secondary N) is 1. The van der Waals surface area contributed by atoms with E-state index in [1.807, 2.05) is 18.2 Å². The number of fused-ring (bicyclic) bond motifs is 1. The molecule has 2 rings (SSSR count). The molecule has 0 unspecified atom stereocenters. The Hall–Kier alpha value is -2.10. The molecule has 19 heavy (non-hydrogen) atoms. The maximum Gasteiger partial charge on any atom is 0.255 e. The molecule has 0 aromatic heterocycles. The zero-order valence-electron chi connectivity index (χ0n) is 10.7. The van der Waals surface area contributed by atoms with Crippen molar-refractivity contribution in [2.45, 2.75) is 25.3 Å². The van der Waals surface area contributed by atoms with Crippen molar-refractivity contribution in [2.75, 3.05) is 6.61 Å². The van der Waals surface area contributed by atoms with E-state index in [4.69, 9.17) is 4.74 Å². The Labute approximate surface area is 112 Å². The Balaban J connectivity index is 2.23. The fraction of sp³-hybridized carbons (Fsp3) is 0.333. The number of aldehydes is 1. The molecule has 0 fully saturated rings. The Bertz CT molecular complexity index is 482. The molecule has 1 aliphatic rings. The molecule has 1 atom stereocenters. The van der Waals surface area contributed by atoms with E-state index < -0.39 is 6.04 Å². The number of amides is 1. The summed E-state index contributed by atoms with van der Waals surface area (Å²) in [7, 11) is 0. The van der Waals surface area contributed by atoms with Crippen molar-refractivity contribution in [3.63, 3.8) is 0 Å². The number of hydrogen-bond acceptors (Lipinski definition) is 3. The Morgan fingerprint density at radius 1 is 1.26 bits per heavy atom. The minimum Gasteiger partial charge on any atom is -0.493 e. The van der Waals surface area contributed by atoms with Crippen LogP contribution in [0.2, 0.25) is 0 Å². The highest BCUT2D eigenvalue weighted by molar-refractivity contribution is 5.98. The van der Waals surface area contributed by atoms with Gasteiger partial charge >= 0.3 is 0 Å². The monoisotopic (exact) mass is 259 g/mol. The Morgan fingerprint density at radius 2 is 2.11 bits per heavy atom. The number of carbonyl (C=O) groups is 2. The number of hydrogen-bond donors (Lipinski definition) is 1. The van der Waals surface area contributed by atoms with Crippen molar-refractivity contribution in [1.82, 2.24) is 5.32 Å². The molecule has 4 nitrogen and oxygen atoms in total. The van der Waals surface area contributed by atoms with Crippen molar-refractivity contribution in [2.24, 2.45) is 0 Å². The maximum atomic E-state index is 12.1. The summed E-state index contributed by atoms with van der Waals surface area (Å²) in [5.41, 5.74) is 0.471. The minimum absolute atomic E-state index is 0.276. The first-order valence-electron chi connectivity index (χ1n) is 6.44. The fourth-order valence-electron chi connectivity index (χ4n) is 1.92. The SMILES string of the molecule is O=C[C@@H]1CC=CCCCOc2ccccc2C(=O)N1. The quantitative estimate of drug-likeness (QED) is 0.620. The topological polar surface area (TPSA) is 55.4 Å². The molecule has 0 spiro atoms. The average molecular weight is 259 g/mol. The van der Waals surface area contributed by atoms with Crippen LogP contribution < -0.4 is 10.1 Å². The van der Waals surface area contributed by atoms with Crippen LogP contribution in [0.4, 0.5) is 0 Å². The Kier molecular flexibility index (Phi) is 4.72. The molecule has 0 bridgehead atoms. The van der Waals surface area contributed by atoms with Crippen LogP contribution in [-0.4, -0.2) is 24.8 Å². The minimum atomic E-state index is -0.490. The molecule has 1 aromatic rings. The highest BCUT2D eigenvalue weighted by Crippen LogP contribution is 2.18. The molecule has 1 heterocycles. The van der Waals surface area contributed by atoms with Gasteiger partial charge in [-0.15, -0.1) is 0 Å². The van der Waals surface area contributed by atoms with E-state index in [1.165, 1.54) is 0 Å². The standard InChI is InChI=1S/C15H17NO3/c17-11-12-7-3-1-2-6-10-19-14-9-5-4-8-13(14)15(18)16-12/h1,3-5,8-9,11-12H,2,6-7,10H2,(H,16,18)/t12-/m0/s1. The summed E-state index contributed by atoms with van der Waals surface area (Å²) in [6, 6.07) is 6.59. The van der Waals surface area contributed by atoms with E-state index >= 15 is 0 Å². The van der Waals surface area contributed by atoms with Gasteiger partial charge in [0.25, 0.3) is 5.91 Å². The maximum absolute atomic E-state index is 12.1. The summed E-state index contributed by atoms with van der Waals surface area (Å²) < 4.78 is 5.62. The first-order valence-corrected chi connectivity index (χ1v) is 6.44. The molecule has 100 valence electrons. The summed E-state index contributed by atoms with van der Waals surface area (Å²) in [6.07, 6.45) is 7.02. The van der Waals surface area contributed by atoms with E-state index in [-0.39, 0.29) is 5.91 Å². The highest BCUT2D eigenvalue weighted by atomic mass is 16.5. The first kappa shape index (κ1) is 13.3. The van der Waals surface area contributed by atoms with Crippen LogP contribution >= 0.6 is 0 Å². The van der Waals surface area contributed by atoms with E-state index in [1.54, 1.807) is 18.2 Å². The molecule has 4 heteroatoms. The van der Waals surface area contributed by atoms with Gasteiger partial charge in [-0.2, -0.15) is 0 Å². The first-order chi connectivity index (χ1) is 9.31. The molecule has 0 saturated heterocycles. The van der Waals surface area contributed by atoms with Gasteiger partial charge in [0.1, 0.15) is 12.0 Å². The average Bonchev–Trinajstić information content (AvgIpc) is 2.43. The van der Waals surface area contributed by atoms with Crippen LogP contribution in [0.25, 0.3) is 0 Å². The molecule has 1 amide bonds. The summed E-state index contributed by atoms with van der Waals surface area (Å²) in [4.78, 5) is 23.1. The normalized spacial score (nSPS) is 20.2. The van der Waals surface area contributed by atoms with Crippen LogP contribution in [0.3, 0.4) is 0 Å². The lowest BCUT2D eigenvalue weighted by molar-refractivity contribution is -0.109. The van der Waals surface area contributed by atoms with Crippen LogP contribution in [0, 0.1) is 0 Å². The number of benzene rings is 1. The molecule has 0 radical (unpaired) electrons. The van der Waals surface area contributed by atoms with Gasteiger partial charge in [-0.25, -0.2) is 0 Å². The number of rotatable bonds is 1. The van der Waals surface area contributed by atoms with Gasteiger partial charge in [-0.1, -0.05) is 24.3 Å². The van der Waals surface area contributed by atoms with Gasteiger partial charge < -0.3 is 14.8 Å². The smallest absolute Gasteiger partial charge is 0.255 e. The second-order valence-electron chi connectivity index (χ2n) is 4.41. The lowest BCUT2D eigenvalue weighted by Gasteiger charge is -2.15. The van der Waals surface area contributed by atoms with E-state index in [2.05, 4.69) is 5.32 Å². The van der Waals surface area contributed by atoms with Gasteiger partial charge in [0.2, 0.25) is 0 Å².